The molecule has 17 heavy (non-hydrogen) atoms. The van der Waals surface area contributed by atoms with Crippen LogP contribution in [-0.4, -0.2) is 19.1 Å². The first kappa shape index (κ1) is 12.5. The minimum Gasteiger partial charge on any atom is -0.496 e. The van der Waals surface area contributed by atoms with E-state index in [1.165, 1.54) is 0 Å². The average Bonchev–Trinajstić information content (AvgIpc) is 2.84. The van der Waals surface area contributed by atoms with Crippen LogP contribution in [0.1, 0.15) is 16.6 Å². The van der Waals surface area contributed by atoms with Crippen molar-refractivity contribution in [1.82, 2.24) is 10.3 Å². The minimum atomic E-state index is 0.0578. The number of ether oxygens (including phenoxy) is 1. The van der Waals surface area contributed by atoms with Crippen LogP contribution in [0, 0.1) is 0 Å². The third-order valence-electron chi connectivity index (χ3n) is 2.49. The van der Waals surface area contributed by atoms with E-state index in [0.717, 1.165) is 20.8 Å². The summed E-state index contributed by atoms with van der Waals surface area (Å²) in [5.41, 5.74) is 1.08. The lowest BCUT2D eigenvalue weighted by Gasteiger charge is -2.17. The van der Waals surface area contributed by atoms with Crippen molar-refractivity contribution in [1.29, 1.82) is 0 Å². The van der Waals surface area contributed by atoms with Crippen LogP contribution in [0.25, 0.3) is 0 Å². The molecule has 1 aromatic heterocycles. The van der Waals surface area contributed by atoms with E-state index in [-0.39, 0.29) is 6.04 Å². The topological polar surface area (TPSA) is 34.2 Å². The number of nitrogens with zero attached hydrogens (tertiary/aromatic N) is 1. The number of rotatable bonds is 4. The van der Waals surface area contributed by atoms with E-state index in [9.17, 15) is 0 Å². The molecule has 1 N–H and O–H groups in total. The molecule has 1 aromatic carbocycles. The fourth-order valence-electron chi connectivity index (χ4n) is 1.72. The van der Waals surface area contributed by atoms with E-state index in [1.807, 2.05) is 30.8 Å². The molecule has 1 unspecified atom stereocenters. The summed E-state index contributed by atoms with van der Waals surface area (Å²) in [5.74, 6) is 0.864. The van der Waals surface area contributed by atoms with Gasteiger partial charge in [-0.2, -0.15) is 0 Å². The zero-order valence-corrected chi connectivity index (χ0v) is 12.0. The molecule has 0 spiro atoms. The van der Waals surface area contributed by atoms with Crippen LogP contribution in [0.4, 0.5) is 0 Å². The SMILES string of the molecule is CNC(c1nccs1)c1cc(Br)ccc1OC. The van der Waals surface area contributed by atoms with Crippen molar-refractivity contribution in [3.05, 3.63) is 44.8 Å². The van der Waals surface area contributed by atoms with E-state index in [0.29, 0.717) is 0 Å². The van der Waals surface area contributed by atoms with Crippen LogP contribution in [0.5, 0.6) is 5.75 Å². The highest BCUT2D eigenvalue weighted by Gasteiger charge is 2.18. The first-order chi connectivity index (χ1) is 8.26. The second-order valence-electron chi connectivity index (χ2n) is 3.48. The monoisotopic (exact) mass is 312 g/mol. The second kappa shape index (κ2) is 5.62. The van der Waals surface area contributed by atoms with Crippen LogP contribution >= 0.6 is 27.3 Å². The van der Waals surface area contributed by atoms with E-state index in [2.05, 4.69) is 32.3 Å². The molecule has 5 heteroatoms. The van der Waals surface area contributed by atoms with Gasteiger partial charge >= 0.3 is 0 Å². The lowest BCUT2D eigenvalue weighted by Crippen LogP contribution is -2.18. The predicted octanol–water partition coefficient (Wildman–Crippen LogP) is 3.22. The first-order valence-electron chi connectivity index (χ1n) is 5.16. The molecule has 1 heterocycles. The number of methoxy groups -OCH3 is 1. The number of aromatic nitrogens is 1. The molecule has 0 fully saturated rings. The Labute approximate surface area is 113 Å². The fraction of sp³-hybridized carbons (Fsp3) is 0.250. The molecule has 0 aliphatic carbocycles. The Balaban J connectivity index is 2.46. The summed E-state index contributed by atoms with van der Waals surface area (Å²) >= 11 is 5.12. The maximum atomic E-state index is 5.40. The summed E-state index contributed by atoms with van der Waals surface area (Å²) in [6.07, 6.45) is 1.81. The molecule has 2 aromatic rings. The standard InChI is InChI=1S/C12H13BrN2OS/c1-14-11(12-15-5-6-17-12)9-7-8(13)3-4-10(9)16-2/h3-7,11,14H,1-2H3. The van der Waals surface area contributed by atoms with Crippen molar-refractivity contribution in [2.45, 2.75) is 6.04 Å². The van der Waals surface area contributed by atoms with Crippen LogP contribution < -0.4 is 10.1 Å². The predicted molar refractivity (Wildman–Crippen MR) is 73.7 cm³/mol. The molecule has 0 saturated carbocycles. The number of hydrogen-bond donors (Lipinski definition) is 1. The zero-order valence-electron chi connectivity index (χ0n) is 9.61. The molecule has 2 rings (SSSR count). The molecular weight excluding hydrogens is 300 g/mol. The molecule has 0 aliphatic heterocycles. The zero-order chi connectivity index (χ0) is 12.3. The van der Waals surface area contributed by atoms with Gasteiger partial charge in [0.2, 0.25) is 0 Å². The van der Waals surface area contributed by atoms with Gasteiger partial charge in [0.15, 0.2) is 0 Å². The quantitative estimate of drug-likeness (QED) is 0.941. The summed E-state index contributed by atoms with van der Waals surface area (Å²) < 4.78 is 6.43. The molecule has 0 radical (unpaired) electrons. The Morgan fingerprint density at radius 3 is 2.88 bits per heavy atom. The number of hydrogen-bond acceptors (Lipinski definition) is 4. The van der Waals surface area contributed by atoms with Gasteiger partial charge < -0.3 is 10.1 Å². The fourth-order valence-corrected chi connectivity index (χ4v) is 2.86. The summed E-state index contributed by atoms with van der Waals surface area (Å²) in [6.45, 7) is 0. The molecule has 0 bridgehead atoms. The molecule has 0 saturated heterocycles. The van der Waals surface area contributed by atoms with Crippen molar-refractivity contribution in [3.63, 3.8) is 0 Å². The van der Waals surface area contributed by atoms with Gasteiger partial charge in [-0.25, -0.2) is 4.98 Å². The summed E-state index contributed by atoms with van der Waals surface area (Å²) in [6, 6.07) is 6.04. The van der Waals surface area contributed by atoms with Crippen molar-refractivity contribution in [3.8, 4) is 5.75 Å². The second-order valence-corrected chi connectivity index (χ2v) is 5.32. The van der Waals surface area contributed by atoms with Crippen LogP contribution in [0.2, 0.25) is 0 Å². The summed E-state index contributed by atoms with van der Waals surface area (Å²) in [5, 5.41) is 6.28. The lowest BCUT2D eigenvalue weighted by molar-refractivity contribution is 0.405. The third kappa shape index (κ3) is 2.68. The highest BCUT2D eigenvalue weighted by atomic mass is 79.9. The van der Waals surface area contributed by atoms with Crippen molar-refractivity contribution in [2.75, 3.05) is 14.2 Å². The first-order valence-corrected chi connectivity index (χ1v) is 6.83. The molecule has 0 amide bonds. The van der Waals surface area contributed by atoms with Gasteiger partial charge in [0, 0.05) is 21.6 Å². The molecular formula is C12H13BrN2OS. The van der Waals surface area contributed by atoms with Crippen molar-refractivity contribution >= 4 is 27.3 Å². The summed E-state index contributed by atoms with van der Waals surface area (Å²) in [7, 11) is 3.60. The maximum Gasteiger partial charge on any atom is 0.124 e. The van der Waals surface area contributed by atoms with Gasteiger partial charge in [-0.1, -0.05) is 15.9 Å². The average molecular weight is 313 g/mol. The van der Waals surface area contributed by atoms with Gasteiger partial charge in [-0.3, -0.25) is 0 Å². The van der Waals surface area contributed by atoms with E-state index in [1.54, 1.807) is 18.4 Å². The normalized spacial score (nSPS) is 12.4. The van der Waals surface area contributed by atoms with Gasteiger partial charge in [0.1, 0.15) is 10.8 Å². The molecule has 0 aliphatic rings. The van der Waals surface area contributed by atoms with Gasteiger partial charge in [0.25, 0.3) is 0 Å². The third-order valence-corrected chi connectivity index (χ3v) is 3.82. The Bertz CT molecular complexity index is 487. The number of nitrogens with one attached hydrogen (secondary N) is 1. The Kier molecular flexibility index (Phi) is 4.15. The van der Waals surface area contributed by atoms with Crippen LogP contribution in [0.3, 0.4) is 0 Å². The smallest absolute Gasteiger partial charge is 0.124 e. The Hall–Kier alpha value is -0.910. The van der Waals surface area contributed by atoms with Gasteiger partial charge in [0.05, 0.1) is 13.2 Å². The molecule has 1 atom stereocenters. The molecule has 90 valence electrons. The van der Waals surface area contributed by atoms with Gasteiger partial charge in [-0.15, -0.1) is 11.3 Å². The largest absolute Gasteiger partial charge is 0.496 e. The molecule has 3 nitrogen and oxygen atoms in total. The highest BCUT2D eigenvalue weighted by Crippen LogP contribution is 2.32. The summed E-state index contributed by atoms with van der Waals surface area (Å²) in [4.78, 5) is 4.35. The Morgan fingerprint density at radius 2 is 2.29 bits per heavy atom. The Morgan fingerprint density at radius 1 is 1.47 bits per heavy atom. The van der Waals surface area contributed by atoms with E-state index < -0.39 is 0 Å². The maximum absolute atomic E-state index is 5.40. The highest BCUT2D eigenvalue weighted by molar-refractivity contribution is 9.10. The van der Waals surface area contributed by atoms with Crippen LogP contribution in [-0.2, 0) is 0 Å². The van der Waals surface area contributed by atoms with E-state index >= 15 is 0 Å². The minimum absolute atomic E-state index is 0.0578. The number of thiazole rings is 1. The lowest BCUT2D eigenvalue weighted by atomic mass is 10.1. The van der Waals surface area contributed by atoms with Crippen LogP contribution in [0.15, 0.2) is 34.2 Å². The van der Waals surface area contributed by atoms with E-state index in [4.69, 9.17) is 4.74 Å². The number of halogens is 1. The van der Waals surface area contributed by atoms with Crippen molar-refractivity contribution < 1.29 is 4.74 Å². The number of benzene rings is 1. The van der Waals surface area contributed by atoms with Gasteiger partial charge in [-0.05, 0) is 25.2 Å². The van der Waals surface area contributed by atoms with Crippen molar-refractivity contribution in [2.24, 2.45) is 0 Å².